The van der Waals surface area contributed by atoms with Crippen LogP contribution in [0, 0.1) is 0 Å². The minimum atomic E-state index is -0.0454. The van der Waals surface area contributed by atoms with Crippen LogP contribution in [0.25, 0.3) is 0 Å². The molecule has 0 amide bonds. The first-order valence-electron chi connectivity index (χ1n) is 8.31. The summed E-state index contributed by atoms with van der Waals surface area (Å²) in [5.74, 6) is 0.952. The zero-order chi connectivity index (χ0) is 17.4. The van der Waals surface area contributed by atoms with Gasteiger partial charge in [0, 0.05) is 15.2 Å². The maximum Gasteiger partial charge on any atom is 0.0146 e. The molecule has 0 N–H and O–H groups in total. The average Bonchev–Trinajstić information content (AvgIpc) is 2.47. The van der Waals surface area contributed by atoms with Crippen molar-refractivity contribution < 1.29 is 0 Å². The highest BCUT2D eigenvalue weighted by molar-refractivity contribution is 7.80. The Morgan fingerprint density at radius 2 is 1.04 bits per heavy atom. The first kappa shape index (κ1) is 18.5. The van der Waals surface area contributed by atoms with Crippen molar-refractivity contribution in [2.75, 3.05) is 0 Å². The Hall–Kier alpha value is -0.860. The highest BCUT2D eigenvalue weighted by Crippen LogP contribution is 2.37. The van der Waals surface area contributed by atoms with Crippen LogP contribution in [0.4, 0.5) is 0 Å². The third kappa shape index (κ3) is 3.80. The number of hydrogen-bond acceptors (Lipinski definition) is 2. The van der Waals surface area contributed by atoms with Gasteiger partial charge in [0.2, 0.25) is 0 Å². The van der Waals surface area contributed by atoms with Gasteiger partial charge in [-0.3, -0.25) is 0 Å². The van der Waals surface area contributed by atoms with E-state index < -0.39 is 0 Å². The van der Waals surface area contributed by atoms with E-state index in [4.69, 9.17) is 0 Å². The smallest absolute Gasteiger partial charge is 0.0146 e. The molecule has 0 spiro atoms. The lowest BCUT2D eigenvalue weighted by molar-refractivity contribution is 0.633. The molecule has 0 radical (unpaired) electrons. The van der Waals surface area contributed by atoms with Gasteiger partial charge in [-0.1, -0.05) is 65.8 Å². The molecule has 0 fully saturated rings. The summed E-state index contributed by atoms with van der Waals surface area (Å²) in [7, 11) is 0. The summed E-state index contributed by atoms with van der Waals surface area (Å²) >= 11 is 9.23. The summed E-state index contributed by atoms with van der Waals surface area (Å²) in [5, 5.41) is 0. The molecule has 0 heterocycles. The van der Waals surface area contributed by atoms with Crippen molar-refractivity contribution in [1.29, 1.82) is 0 Å². The molecule has 124 valence electrons. The molecule has 2 heteroatoms. The predicted octanol–water partition coefficient (Wildman–Crippen LogP) is 6.84. The first-order valence-corrected chi connectivity index (χ1v) is 9.20. The second kappa shape index (κ2) is 6.94. The van der Waals surface area contributed by atoms with E-state index in [0.29, 0.717) is 11.8 Å². The summed E-state index contributed by atoms with van der Waals surface area (Å²) in [5.41, 5.74) is 5.25. The summed E-state index contributed by atoms with van der Waals surface area (Å²) in [6, 6.07) is 13.3. The van der Waals surface area contributed by atoms with Crippen molar-refractivity contribution in [3.63, 3.8) is 0 Å². The van der Waals surface area contributed by atoms with Crippen molar-refractivity contribution >= 4 is 25.3 Å². The normalized spacial score (nSPS) is 12.3. The summed E-state index contributed by atoms with van der Waals surface area (Å²) < 4.78 is 0. The molecule has 2 aromatic carbocycles. The minimum absolute atomic E-state index is 0.0454. The van der Waals surface area contributed by atoms with Crippen LogP contribution in [-0.4, -0.2) is 0 Å². The van der Waals surface area contributed by atoms with Gasteiger partial charge < -0.3 is 0 Å². The van der Waals surface area contributed by atoms with Gasteiger partial charge in [-0.15, -0.1) is 25.3 Å². The van der Waals surface area contributed by atoms with Gasteiger partial charge in [-0.25, -0.2) is 0 Å². The molecule has 0 aliphatic rings. The largest absolute Gasteiger partial charge is 0.143 e. The highest BCUT2D eigenvalue weighted by Gasteiger charge is 2.25. The molecule has 2 aromatic rings. The lowest BCUT2D eigenvalue weighted by Gasteiger charge is -2.29. The van der Waals surface area contributed by atoms with E-state index in [0.717, 1.165) is 9.79 Å². The highest BCUT2D eigenvalue weighted by atomic mass is 32.1. The van der Waals surface area contributed by atoms with E-state index in [9.17, 15) is 0 Å². The molecule has 0 aromatic heterocycles. The van der Waals surface area contributed by atoms with Crippen molar-refractivity contribution in [2.24, 2.45) is 0 Å². The zero-order valence-electron chi connectivity index (χ0n) is 15.0. The van der Waals surface area contributed by atoms with Gasteiger partial charge in [-0.2, -0.15) is 0 Å². The van der Waals surface area contributed by atoms with E-state index in [2.05, 4.69) is 103 Å². The molecule has 0 saturated carbocycles. The molecule has 0 bridgehead atoms. The van der Waals surface area contributed by atoms with Gasteiger partial charge in [0.1, 0.15) is 0 Å². The van der Waals surface area contributed by atoms with Crippen LogP contribution in [-0.2, 0) is 5.41 Å². The fraction of sp³-hybridized carbons (Fsp3) is 0.429. The maximum atomic E-state index is 4.61. The maximum absolute atomic E-state index is 4.61. The lowest BCUT2D eigenvalue weighted by Crippen LogP contribution is -2.20. The van der Waals surface area contributed by atoms with E-state index in [1.54, 1.807) is 0 Å². The van der Waals surface area contributed by atoms with E-state index in [-0.39, 0.29) is 5.41 Å². The molecule has 0 unspecified atom stereocenters. The Kier molecular flexibility index (Phi) is 5.58. The Morgan fingerprint density at radius 3 is 1.35 bits per heavy atom. The molecule has 23 heavy (non-hydrogen) atoms. The van der Waals surface area contributed by atoms with E-state index >= 15 is 0 Å². The second-order valence-corrected chi connectivity index (χ2v) is 8.45. The fourth-order valence-corrected chi connectivity index (χ4v) is 3.77. The molecule has 0 saturated heterocycles. The summed E-state index contributed by atoms with van der Waals surface area (Å²) in [4.78, 5) is 2.15. The van der Waals surface area contributed by atoms with E-state index in [1.807, 2.05) is 0 Å². The number of thiol groups is 2. The van der Waals surface area contributed by atoms with Crippen molar-refractivity contribution in [2.45, 2.75) is 68.6 Å². The Labute approximate surface area is 152 Å². The molecule has 0 atom stereocenters. The van der Waals surface area contributed by atoms with Crippen LogP contribution in [0.3, 0.4) is 0 Å². The quantitative estimate of drug-likeness (QED) is 0.558. The van der Waals surface area contributed by atoms with Gasteiger partial charge in [-0.05, 0) is 46.2 Å². The van der Waals surface area contributed by atoms with Crippen LogP contribution in [0.5, 0.6) is 0 Å². The minimum Gasteiger partial charge on any atom is -0.143 e. The zero-order valence-corrected chi connectivity index (χ0v) is 16.8. The molecule has 0 nitrogen and oxygen atoms in total. The van der Waals surface area contributed by atoms with Crippen LogP contribution in [0.2, 0.25) is 0 Å². The predicted molar refractivity (Wildman–Crippen MR) is 108 cm³/mol. The van der Waals surface area contributed by atoms with Crippen LogP contribution in [0.15, 0.2) is 46.2 Å². The van der Waals surface area contributed by atoms with Crippen LogP contribution in [0.1, 0.15) is 75.6 Å². The van der Waals surface area contributed by atoms with Crippen LogP contribution >= 0.6 is 25.3 Å². The number of rotatable bonds is 4. The molecular formula is C21H28S2. The summed E-state index contributed by atoms with van der Waals surface area (Å²) in [6.45, 7) is 13.5. The molecule has 0 aliphatic heterocycles. The monoisotopic (exact) mass is 344 g/mol. The van der Waals surface area contributed by atoms with Crippen molar-refractivity contribution in [1.82, 2.24) is 0 Å². The van der Waals surface area contributed by atoms with Crippen molar-refractivity contribution in [3.8, 4) is 0 Å². The SMILES string of the molecule is CC(C)c1cc(C(C)(C)c2ccc(S)c(C(C)C)c2)ccc1S. The topological polar surface area (TPSA) is 0 Å². The fourth-order valence-electron chi connectivity index (χ4n) is 2.98. The third-order valence-corrected chi connectivity index (χ3v) is 5.56. The Balaban J connectivity index is 2.54. The number of hydrogen-bond donors (Lipinski definition) is 2. The lowest BCUT2D eigenvalue weighted by atomic mass is 9.76. The van der Waals surface area contributed by atoms with Gasteiger partial charge >= 0.3 is 0 Å². The molecule has 0 aliphatic carbocycles. The van der Waals surface area contributed by atoms with Crippen LogP contribution < -0.4 is 0 Å². The first-order chi connectivity index (χ1) is 10.6. The van der Waals surface area contributed by atoms with Gasteiger partial charge in [0.25, 0.3) is 0 Å². The Morgan fingerprint density at radius 1 is 0.696 bits per heavy atom. The molecular weight excluding hydrogens is 316 g/mol. The van der Waals surface area contributed by atoms with E-state index in [1.165, 1.54) is 22.3 Å². The van der Waals surface area contributed by atoms with Gasteiger partial charge in [0.05, 0.1) is 0 Å². The second-order valence-electron chi connectivity index (χ2n) is 7.48. The standard InChI is InChI=1S/C21H28S2/c1-13(2)17-11-15(7-9-19(17)22)21(5,6)16-8-10-20(23)18(12-16)14(3)4/h7-14,22-23H,1-6H3. The number of benzene rings is 2. The molecule has 2 rings (SSSR count). The van der Waals surface area contributed by atoms with Crippen molar-refractivity contribution in [3.05, 3.63) is 58.7 Å². The average molecular weight is 345 g/mol. The summed E-state index contributed by atoms with van der Waals surface area (Å²) in [6.07, 6.45) is 0. The Bertz CT molecular complexity index is 637. The van der Waals surface area contributed by atoms with Gasteiger partial charge in [0.15, 0.2) is 0 Å². The third-order valence-electron chi connectivity index (χ3n) is 4.74.